The van der Waals surface area contributed by atoms with Gasteiger partial charge < -0.3 is 9.64 Å². The van der Waals surface area contributed by atoms with Gasteiger partial charge in [0.05, 0.1) is 18.2 Å². The smallest absolute Gasteiger partial charge is 0.310 e. The third-order valence-electron chi connectivity index (χ3n) is 6.01. The predicted octanol–water partition coefficient (Wildman–Crippen LogP) is 1.92. The number of amides is 1. The maximum atomic E-state index is 12.8. The number of aryl methyl sites for hydroxylation is 2. The van der Waals surface area contributed by atoms with Crippen LogP contribution in [-0.4, -0.2) is 56.2 Å². The molecule has 1 saturated heterocycles. The van der Waals surface area contributed by atoms with Gasteiger partial charge in [-0.2, -0.15) is 5.10 Å². The molecule has 1 aliphatic rings. The maximum absolute atomic E-state index is 12.8. The van der Waals surface area contributed by atoms with E-state index in [0.29, 0.717) is 49.7 Å². The Hall–Kier alpha value is -2.97. The monoisotopic (exact) mass is 429 g/mol. The minimum atomic E-state index is -0.239. The molecule has 3 heterocycles. The number of rotatable bonds is 6. The highest BCUT2D eigenvalue weighted by molar-refractivity contribution is 5.78. The molecule has 1 amide bonds. The Morgan fingerprint density at radius 1 is 1.19 bits per heavy atom. The first kappa shape index (κ1) is 22.7. The lowest BCUT2D eigenvalue weighted by Gasteiger charge is -2.31. The summed E-state index contributed by atoms with van der Waals surface area (Å²) in [6.45, 7) is 10.6. The molecule has 0 aromatic carbocycles. The number of esters is 1. The van der Waals surface area contributed by atoms with Gasteiger partial charge in [-0.3, -0.25) is 19.4 Å². The zero-order chi connectivity index (χ0) is 22.7. The van der Waals surface area contributed by atoms with Gasteiger partial charge in [-0.05, 0) is 59.4 Å². The first-order valence-electron chi connectivity index (χ1n) is 10.8. The van der Waals surface area contributed by atoms with Gasteiger partial charge in [-0.15, -0.1) is 0 Å². The van der Waals surface area contributed by atoms with Crippen LogP contribution in [0.15, 0.2) is 4.79 Å². The molecule has 0 spiro atoms. The third kappa shape index (κ3) is 4.86. The van der Waals surface area contributed by atoms with Crippen molar-refractivity contribution in [2.24, 2.45) is 5.92 Å². The quantitative estimate of drug-likeness (QED) is 0.703. The van der Waals surface area contributed by atoms with Crippen LogP contribution >= 0.6 is 0 Å². The van der Waals surface area contributed by atoms with E-state index in [9.17, 15) is 14.4 Å². The average molecular weight is 430 g/mol. The number of hydrogen-bond donors (Lipinski definition) is 1. The molecule has 0 radical (unpaired) electrons. The number of nitrogens with zero attached hydrogens (tertiary/aromatic N) is 4. The van der Waals surface area contributed by atoms with Crippen LogP contribution < -0.4 is 5.56 Å². The van der Waals surface area contributed by atoms with Crippen LogP contribution in [0, 0.1) is 33.6 Å². The summed E-state index contributed by atoms with van der Waals surface area (Å²) >= 11 is 0. The largest absolute Gasteiger partial charge is 0.466 e. The molecule has 1 atom stereocenters. The van der Waals surface area contributed by atoms with E-state index in [2.05, 4.69) is 15.1 Å². The molecule has 9 nitrogen and oxygen atoms in total. The Balaban J connectivity index is 1.70. The van der Waals surface area contributed by atoms with Gasteiger partial charge in [-0.1, -0.05) is 0 Å². The number of aromatic nitrogens is 4. The fourth-order valence-corrected chi connectivity index (χ4v) is 4.02. The van der Waals surface area contributed by atoms with Gasteiger partial charge in [0, 0.05) is 36.5 Å². The van der Waals surface area contributed by atoms with Crippen LogP contribution in [0.5, 0.6) is 0 Å². The number of nitrogens with one attached hydrogen (secondary N) is 1. The van der Waals surface area contributed by atoms with E-state index in [-0.39, 0.29) is 23.4 Å². The highest BCUT2D eigenvalue weighted by Gasteiger charge is 2.29. The van der Waals surface area contributed by atoms with Gasteiger partial charge in [0.2, 0.25) is 11.9 Å². The van der Waals surface area contributed by atoms with E-state index >= 15 is 0 Å². The van der Waals surface area contributed by atoms with Gasteiger partial charge in [0.1, 0.15) is 0 Å². The number of H-pyrrole nitrogens is 1. The molecule has 168 valence electrons. The van der Waals surface area contributed by atoms with E-state index in [1.807, 2.05) is 13.8 Å². The minimum Gasteiger partial charge on any atom is -0.466 e. The molecule has 1 fully saturated rings. The first-order valence-corrected chi connectivity index (χ1v) is 10.8. The number of aromatic amines is 1. The average Bonchev–Trinajstić information content (AvgIpc) is 3.03. The molecule has 31 heavy (non-hydrogen) atoms. The van der Waals surface area contributed by atoms with E-state index < -0.39 is 0 Å². The third-order valence-corrected chi connectivity index (χ3v) is 6.01. The number of likely N-dealkylation sites (tertiary alicyclic amines) is 1. The topological polar surface area (TPSA) is 110 Å². The summed E-state index contributed by atoms with van der Waals surface area (Å²) in [7, 11) is 0. The Kier molecular flexibility index (Phi) is 6.92. The second-order valence-corrected chi connectivity index (χ2v) is 8.09. The van der Waals surface area contributed by atoms with Crippen LogP contribution in [0.3, 0.4) is 0 Å². The maximum Gasteiger partial charge on any atom is 0.310 e. The van der Waals surface area contributed by atoms with E-state index in [0.717, 1.165) is 29.8 Å². The highest BCUT2D eigenvalue weighted by atomic mass is 16.5. The Labute approximate surface area is 181 Å². The lowest BCUT2D eigenvalue weighted by Crippen LogP contribution is -2.42. The summed E-state index contributed by atoms with van der Waals surface area (Å²) in [5.41, 5.74) is 3.67. The lowest BCUT2D eigenvalue weighted by atomic mass is 9.97. The molecule has 9 heteroatoms. The van der Waals surface area contributed by atoms with Crippen molar-refractivity contribution in [3.8, 4) is 5.95 Å². The summed E-state index contributed by atoms with van der Waals surface area (Å²) in [4.78, 5) is 46.0. The minimum absolute atomic E-state index is 0.0262. The van der Waals surface area contributed by atoms with Gasteiger partial charge in [0.15, 0.2) is 0 Å². The SMILES string of the molecule is CCOC(=O)[C@@H]1CCCN(C(=O)CCc2c(C)nn(-c3nc(C)c(C)c(=O)[nH]3)c2C)C1. The molecule has 2 aromatic rings. The van der Waals surface area contributed by atoms with Crippen molar-refractivity contribution < 1.29 is 14.3 Å². The summed E-state index contributed by atoms with van der Waals surface area (Å²) in [6.07, 6.45) is 2.43. The van der Waals surface area contributed by atoms with E-state index in [1.54, 1.807) is 30.4 Å². The van der Waals surface area contributed by atoms with Crippen LogP contribution in [-0.2, 0) is 20.7 Å². The summed E-state index contributed by atoms with van der Waals surface area (Å²) in [5.74, 6) is -0.0581. The van der Waals surface area contributed by atoms with Gasteiger partial charge in [0.25, 0.3) is 5.56 Å². The molecule has 0 aliphatic carbocycles. The number of carbonyl (C=O) groups is 2. The van der Waals surface area contributed by atoms with Crippen molar-refractivity contribution in [1.29, 1.82) is 0 Å². The molecular weight excluding hydrogens is 398 g/mol. The molecule has 2 aromatic heterocycles. The molecule has 0 unspecified atom stereocenters. The van der Waals surface area contributed by atoms with Crippen molar-refractivity contribution in [3.05, 3.63) is 38.6 Å². The zero-order valence-corrected chi connectivity index (χ0v) is 18.9. The molecule has 0 bridgehead atoms. The Morgan fingerprint density at radius 2 is 1.94 bits per heavy atom. The van der Waals surface area contributed by atoms with E-state index in [4.69, 9.17) is 4.74 Å². The fraction of sp³-hybridized carbons (Fsp3) is 0.591. The summed E-state index contributed by atoms with van der Waals surface area (Å²) in [5, 5.41) is 4.54. The second-order valence-electron chi connectivity index (χ2n) is 8.09. The van der Waals surface area contributed by atoms with Crippen LogP contribution in [0.4, 0.5) is 0 Å². The van der Waals surface area contributed by atoms with Gasteiger partial charge >= 0.3 is 5.97 Å². The van der Waals surface area contributed by atoms with E-state index in [1.165, 1.54) is 0 Å². The van der Waals surface area contributed by atoms with Crippen molar-refractivity contribution in [2.75, 3.05) is 19.7 Å². The standard InChI is InChI=1S/C22H31N5O4/c1-6-31-21(30)17-8-7-11-26(12-17)19(28)10-9-18-15(4)25-27(16(18)5)22-23-14(3)13(2)20(29)24-22/h17H,6-12H2,1-5H3,(H,23,24,29)/t17-/m1/s1. The van der Waals surface area contributed by atoms with Crippen LogP contribution in [0.1, 0.15) is 54.4 Å². The van der Waals surface area contributed by atoms with Crippen molar-refractivity contribution in [1.82, 2.24) is 24.6 Å². The highest BCUT2D eigenvalue weighted by Crippen LogP contribution is 2.21. The molecular formula is C22H31N5O4. The molecule has 1 N–H and O–H groups in total. The molecule has 3 rings (SSSR count). The zero-order valence-electron chi connectivity index (χ0n) is 18.9. The Morgan fingerprint density at radius 3 is 2.61 bits per heavy atom. The number of ether oxygens (including phenoxy) is 1. The van der Waals surface area contributed by atoms with Crippen molar-refractivity contribution >= 4 is 11.9 Å². The Bertz CT molecular complexity index is 1040. The second kappa shape index (κ2) is 9.45. The van der Waals surface area contributed by atoms with Crippen molar-refractivity contribution in [3.63, 3.8) is 0 Å². The first-order chi connectivity index (χ1) is 14.7. The van der Waals surface area contributed by atoms with Crippen LogP contribution in [0.2, 0.25) is 0 Å². The summed E-state index contributed by atoms with van der Waals surface area (Å²) < 4.78 is 6.75. The normalized spacial score (nSPS) is 16.4. The van der Waals surface area contributed by atoms with Crippen molar-refractivity contribution in [2.45, 2.75) is 60.3 Å². The van der Waals surface area contributed by atoms with Gasteiger partial charge in [-0.25, -0.2) is 9.67 Å². The number of hydrogen-bond acceptors (Lipinski definition) is 6. The predicted molar refractivity (Wildman–Crippen MR) is 115 cm³/mol. The number of carbonyl (C=O) groups excluding carboxylic acids is 2. The van der Waals surface area contributed by atoms with Crippen LogP contribution in [0.25, 0.3) is 5.95 Å². The number of piperidine rings is 1. The molecule has 1 aliphatic heterocycles. The molecule has 0 saturated carbocycles. The summed E-state index contributed by atoms with van der Waals surface area (Å²) in [6, 6.07) is 0. The lowest BCUT2D eigenvalue weighted by molar-refractivity contribution is -0.151. The fourth-order valence-electron chi connectivity index (χ4n) is 4.02.